The maximum absolute atomic E-state index is 12.4. The summed E-state index contributed by atoms with van der Waals surface area (Å²) in [6, 6.07) is 2.71. The van der Waals surface area contributed by atoms with Crippen molar-refractivity contribution in [2.75, 3.05) is 13.7 Å². The van der Waals surface area contributed by atoms with Gasteiger partial charge < -0.3 is 14.6 Å². The Morgan fingerprint density at radius 3 is 2.86 bits per heavy atom. The van der Waals surface area contributed by atoms with Gasteiger partial charge in [0.1, 0.15) is 6.04 Å². The summed E-state index contributed by atoms with van der Waals surface area (Å²) >= 11 is 3.19. The van der Waals surface area contributed by atoms with E-state index in [0.717, 1.165) is 12.0 Å². The van der Waals surface area contributed by atoms with Crippen LogP contribution in [0.5, 0.6) is 11.5 Å². The van der Waals surface area contributed by atoms with Crippen molar-refractivity contribution >= 4 is 21.9 Å². The topological polar surface area (TPSA) is 59.0 Å². The molecule has 0 aromatic heterocycles. The number of carboxylic acids is 1. The first-order valence-corrected chi connectivity index (χ1v) is 7.49. The molecule has 2 rings (SSSR count). The molecule has 122 valence electrons. The smallest absolute Gasteiger partial charge is 0.387 e. The summed E-state index contributed by atoms with van der Waals surface area (Å²) in [5, 5.41) is 9.18. The average molecular weight is 380 g/mol. The molecule has 1 aliphatic heterocycles. The predicted molar refractivity (Wildman–Crippen MR) is 78.4 cm³/mol. The number of carboxylic acid groups (broad SMARTS) is 1. The summed E-state index contributed by atoms with van der Waals surface area (Å²) < 4.78 is 34.7. The lowest BCUT2D eigenvalue weighted by atomic mass is 10.1. The Morgan fingerprint density at radius 1 is 1.55 bits per heavy atom. The van der Waals surface area contributed by atoms with E-state index >= 15 is 0 Å². The number of hydrogen-bond acceptors (Lipinski definition) is 4. The van der Waals surface area contributed by atoms with E-state index in [1.54, 1.807) is 12.1 Å². The first-order valence-electron chi connectivity index (χ1n) is 6.70. The Bertz CT molecular complexity index is 556. The van der Waals surface area contributed by atoms with E-state index in [0.29, 0.717) is 24.0 Å². The number of ether oxygens (including phenoxy) is 2. The lowest BCUT2D eigenvalue weighted by Crippen LogP contribution is -2.35. The van der Waals surface area contributed by atoms with Gasteiger partial charge in [0.2, 0.25) is 0 Å². The number of likely N-dealkylation sites (tertiary alicyclic amines) is 1. The van der Waals surface area contributed by atoms with E-state index in [1.807, 2.05) is 4.90 Å². The third kappa shape index (κ3) is 3.86. The van der Waals surface area contributed by atoms with E-state index in [9.17, 15) is 18.7 Å². The zero-order chi connectivity index (χ0) is 16.3. The molecule has 0 aliphatic carbocycles. The summed E-state index contributed by atoms with van der Waals surface area (Å²) in [5.74, 6) is -0.741. The molecular formula is C14H16BrF2NO4. The maximum Gasteiger partial charge on any atom is 0.387 e. The number of carbonyl (C=O) groups is 1. The fourth-order valence-corrected chi connectivity index (χ4v) is 3.18. The summed E-state index contributed by atoms with van der Waals surface area (Å²) in [4.78, 5) is 13.0. The first kappa shape index (κ1) is 17.0. The van der Waals surface area contributed by atoms with Crippen molar-refractivity contribution in [2.24, 2.45) is 0 Å². The van der Waals surface area contributed by atoms with Crippen molar-refractivity contribution < 1.29 is 28.2 Å². The number of aliphatic carboxylic acids is 1. The Balaban J connectivity index is 2.22. The van der Waals surface area contributed by atoms with Crippen LogP contribution in [0.15, 0.2) is 16.6 Å². The van der Waals surface area contributed by atoms with Crippen LogP contribution in [0.3, 0.4) is 0 Å². The van der Waals surface area contributed by atoms with Crippen molar-refractivity contribution in [3.63, 3.8) is 0 Å². The van der Waals surface area contributed by atoms with Crippen LogP contribution in [0, 0.1) is 0 Å². The fourth-order valence-electron chi connectivity index (χ4n) is 2.60. The van der Waals surface area contributed by atoms with E-state index < -0.39 is 18.6 Å². The molecule has 1 fully saturated rings. The Hall–Kier alpha value is -1.41. The van der Waals surface area contributed by atoms with Gasteiger partial charge in [-0.25, -0.2) is 0 Å². The molecule has 0 spiro atoms. The molecule has 0 bridgehead atoms. The third-order valence-electron chi connectivity index (χ3n) is 3.53. The molecule has 1 aromatic carbocycles. The van der Waals surface area contributed by atoms with Crippen LogP contribution in [0.4, 0.5) is 8.78 Å². The van der Waals surface area contributed by atoms with Gasteiger partial charge in [-0.05, 0) is 53.0 Å². The number of nitrogens with zero attached hydrogens (tertiary/aromatic N) is 1. The molecule has 5 nitrogen and oxygen atoms in total. The lowest BCUT2D eigenvalue weighted by Gasteiger charge is -2.22. The van der Waals surface area contributed by atoms with Gasteiger partial charge in [-0.15, -0.1) is 0 Å². The number of alkyl halides is 2. The van der Waals surface area contributed by atoms with E-state index in [-0.39, 0.29) is 11.5 Å². The predicted octanol–water partition coefficient (Wildman–Crippen LogP) is 3.11. The highest BCUT2D eigenvalue weighted by Crippen LogP contribution is 2.38. The highest BCUT2D eigenvalue weighted by atomic mass is 79.9. The third-order valence-corrected chi connectivity index (χ3v) is 4.12. The maximum atomic E-state index is 12.4. The van der Waals surface area contributed by atoms with E-state index in [4.69, 9.17) is 4.74 Å². The molecule has 8 heteroatoms. The normalized spacial score (nSPS) is 18.7. The fraction of sp³-hybridized carbons (Fsp3) is 0.500. The summed E-state index contributed by atoms with van der Waals surface area (Å²) in [6.07, 6.45) is 1.43. The molecule has 0 unspecified atom stereocenters. The van der Waals surface area contributed by atoms with Crippen LogP contribution in [0.1, 0.15) is 18.4 Å². The zero-order valence-electron chi connectivity index (χ0n) is 11.9. The highest BCUT2D eigenvalue weighted by Gasteiger charge is 2.30. The molecule has 1 saturated heterocycles. The minimum Gasteiger partial charge on any atom is -0.493 e. The first-order chi connectivity index (χ1) is 10.4. The summed E-state index contributed by atoms with van der Waals surface area (Å²) in [6.45, 7) is -1.86. The second-order valence-electron chi connectivity index (χ2n) is 4.95. The van der Waals surface area contributed by atoms with Crippen molar-refractivity contribution in [3.05, 3.63) is 22.2 Å². The van der Waals surface area contributed by atoms with Gasteiger partial charge >= 0.3 is 12.6 Å². The largest absolute Gasteiger partial charge is 0.493 e. The zero-order valence-corrected chi connectivity index (χ0v) is 13.5. The van der Waals surface area contributed by atoms with Gasteiger partial charge in [-0.2, -0.15) is 8.78 Å². The molecule has 0 radical (unpaired) electrons. The molecule has 22 heavy (non-hydrogen) atoms. The second-order valence-corrected chi connectivity index (χ2v) is 5.81. The van der Waals surface area contributed by atoms with Gasteiger partial charge in [0.25, 0.3) is 0 Å². The highest BCUT2D eigenvalue weighted by molar-refractivity contribution is 9.10. The van der Waals surface area contributed by atoms with Crippen molar-refractivity contribution in [3.8, 4) is 11.5 Å². The number of benzene rings is 1. The molecule has 0 saturated carbocycles. The summed E-state index contributed by atoms with van der Waals surface area (Å²) in [7, 11) is 1.36. The number of rotatable bonds is 6. The molecule has 1 N–H and O–H groups in total. The van der Waals surface area contributed by atoms with Gasteiger partial charge in [0.15, 0.2) is 11.5 Å². The quantitative estimate of drug-likeness (QED) is 0.822. The average Bonchev–Trinajstić information content (AvgIpc) is 2.89. The number of halogens is 3. The lowest BCUT2D eigenvalue weighted by molar-refractivity contribution is -0.142. The van der Waals surface area contributed by atoms with Crippen molar-refractivity contribution in [1.82, 2.24) is 4.90 Å². The van der Waals surface area contributed by atoms with Gasteiger partial charge in [0.05, 0.1) is 11.6 Å². The Morgan fingerprint density at radius 2 is 2.27 bits per heavy atom. The minimum absolute atomic E-state index is 0.0718. The molecule has 0 amide bonds. The molecule has 1 aromatic rings. The van der Waals surface area contributed by atoms with Crippen molar-refractivity contribution in [2.45, 2.75) is 32.0 Å². The van der Waals surface area contributed by atoms with Crippen LogP contribution in [0.2, 0.25) is 0 Å². The Kier molecular flexibility index (Phi) is 5.57. The molecule has 1 aliphatic rings. The van der Waals surface area contributed by atoms with Gasteiger partial charge in [-0.1, -0.05) is 0 Å². The summed E-state index contributed by atoms with van der Waals surface area (Å²) in [5.41, 5.74) is 0.762. The van der Waals surface area contributed by atoms with Crippen LogP contribution < -0.4 is 9.47 Å². The van der Waals surface area contributed by atoms with Crippen LogP contribution in [0.25, 0.3) is 0 Å². The van der Waals surface area contributed by atoms with Gasteiger partial charge in [0, 0.05) is 6.54 Å². The van der Waals surface area contributed by atoms with Gasteiger partial charge in [-0.3, -0.25) is 9.69 Å². The van der Waals surface area contributed by atoms with Crippen LogP contribution in [-0.4, -0.2) is 42.3 Å². The van der Waals surface area contributed by atoms with Crippen LogP contribution in [-0.2, 0) is 11.3 Å². The molecule has 1 atom stereocenters. The van der Waals surface area contributed by atoms with E-state index in [1.165, 1.54) is 7.11 Å². The SMILES string of the molecule is COc1cc(CN2CCC[C@H]2C(=O)O)cc(Br)c1OC(F)F. The van der Waals surface area contributed by atoms with Crippen LogP contribution >= 0.6 is 15.9 Å². The second kappa shape index (κ2) is 7.23. The van der Waals surface area contributed by atoms with Crippen molar-refractivity contribution in [1.29, 1.82) is 0 Å². The Labute approximate surface area is 134 Å². The number of hydrogen-bond donors (Lipinski definition) is 1. The monoisotopic (exact) mass is 379 g/mol. The minimum atomic E-state index is -2.95. The molecule has 1 heterocycles. The standard InChI is InChI=1S/C14H16BrF2NO4/c1-21-11-6-8(5-9(15)12(11)22-14(16)17)7-18-4-2-3-10(18)13(19)20/h5-6,10,14H,2-4,7H2,1H3,(H,19,20)/t10-/m0/s1. The van der Waals surface area contributed by atoms with E-state index in [2.05, 4.69) is 20.7 Å². The number of methoxy groups -OCH3 is 1. The molecular weight excluding hydrogens is 364 g/mol.